The first-order valence-corrected chi connectivity index (χ1v) is 9.00. The molecule has 0 N–H and O–H groups in total. The lowest BCUT2D eigenvalue weighted by molar-refractivity contribution is -0.146. The molecule has 132 valence electrons. The standard InChI is InChI=1S/C18H16N4O3S/c1-25-18(24)16-13-8-10-26-15(13)7-9-21(16)17(23)14-11-19-22(20-14)12-5-3-2-4-6-12/h2-6,8,10-11,16H,7,9H2,1H3/t16-/m1/s1. The molecule has 0 aliphatic carbocycles. The van der Waals surface area contributed by atoms with Gasteiger partial charge < -0.3 is 9.64 Å². The summed E-state index contributed by atoms with van der Waals surface area (Å²) in [5, 5.41) is 10.4. The lowest BCUT2D eigenvalue weighted by Crippen LogP contribution is -2.43. The van der Waals surface area contributed by atoms with Crippen molar-refractivity contribution >= 4 is 23.2 Å². The molecule has 0 bridgehead atoms. The second kappa shape index (κ2) is 6.72. The molecule has 0 radical (unpaired) electrons. The van der Waals surface area contributed by atoms with Gasteiger partial charge in [-0.05, 0) is 35.6 Å². The van der Waals surface area contributed by atoms with Crippen molar-refractivity contribution in [2.24, 2.45) is 0 Å². The molecule has 2 aromatic heterocycles. The van der Waals surface area contributed by atoms with Crippen molar-refractivity contribution in [3.63, 3.8) is 0 Å². The fourth-order valence-corrected chi connectivity index (χ4v) is 4.00. The van der Waals surface area contributed by atoms with Crippen molar-refractivity contribution in [3.05, 3.63) is 64.1 Å². The summed E-state index contributed by atoms with van der Waals surface area (Å²) in [7, 11) is 1.33. The molecule has 4 rings (SSSR count). The van der Waals surface area contributed by atoms with E-state index in [2.05, 4.69) is 10.2 Å². The minimum absolute atomic E-state index is 0.196. The van der Waals surface area contributed by atoms with Crippen molar-refractivity contribution in [1.82, 2.24) is 19.9 Å². The van der Waals surface area contributed by atoms with E-state index in [4.69, 9.17) is 4.74 Å². The Labute approximate surface area is 153 Å². The molecule has 0 fully saturated rings. The van der Waals surface area contributed by atoms with Crippen LogP contribution in [0.2, 0.25) is 0 Å². The largest absolute Gasteiger partial charge is 0.467 e. The van der Waals surface area contributed by atoms with Crippen molar-refractivity contribution in [1.29, 1.82) is 0 Å². The number of methoxy groups -OCH3 is 1. The fourth-order valence-electron chi connectivity index (χ4n) is 3.09. The van der Waals surface area contributed by atoms with Gasteiger partial charge in [0.05, 0.1) is 19.0 Å². The van der Waals surface area contributed by atoms with Crippen LogP contribution in [0.15, 0.2) is 48.0 Å². The van der Waals surface area contributed by atoms with Crippen LogP contribution in [0.4, 0.5) is 0 Å². The lowest BCUT2D eigenvalue weighted by atomic mass is 9.99. The Hall–Kier alpha value is -3.00. The number of ether oxygens (including phenoxy) is 1. The zero-order valence-corrected chi connectivity index (χ0v) is 14.8. The van der Waals surface area contributed by atoms with Crippen LogP contribution in [0, 0.1) is 0 Å². The van der Waals surface area contributed by atoms with Crippen molar-refractivity contribution < 1.29 is 14.3 Å². The molecule has 0 spiro atoms. The highest BCUT2D eigenvalue weighted by Gasteiger charge is 2.38. The van der Waals surface area contributed by atoms with Gasteiger partial charge in [-0.15, -0.1) is 16.4 Å². The average Bonchev–Trinajstić information content (AvgIpc) is 3.36. The van der Waals surface area contributed by atoms with E-state index in [9.17, 15) is 9.59 Å². The molecule has 1 amide bonds. The first-order chi connectivity index (χ1) is 12.7. The summed E-state index contributed by atoms with van der Waals surface area (Å²) in [5.74, 6) is -0.785. The zero-order chi connectivity index (χ0) is 18.1. The third kappa shape index (κ3) is 2.78. The van der Waals surface area contributed by atoms with Crippen molar-refractivity contribution in [3.8, 4) is 5.69 Å². The van der Waals surface area contributed by atoms with Crippen LogP contribution < -0.4 is 0 Å². The van der Waals surface area contributed by atoms with Gasteiger partial charge in [0.25, 0.3) is 5.91 Å². The Kier molecular flexibility index (Phi) is 4.26. The number of benzene rings is 1. The number of aromatic nitrogens is 3. The van der Waals surface area contributed by atoms with E-state index in [1.807, 2.05) is 41.8 Å². The molecule has 0 saturated heterocycles. The molecule has 26 heavy (non-hydrogen) atoms. The maximum atomic E-state index is 13.0. The molecule has 1 atom stereocenters. The number of esters is 1. The summed E-state index contributed by atoms with van der Waals surface area (Å²) in [5.41, 5.74) is 1.79. The van der Waals surface area contributed by atoms with E-state index in [0.717, 1.165) is 16.1 Å². The number of fused-ring (bicyclic) bond motifs is 1. The molecular formula is C18H16N4O3S. The number of rotatable bonds is 3. The predicted molar refractivity (Wildman–Crippen MR) is 95.2 cm³/mol. The van der Waals surface area contributed by atoms with Crippen LogP contribution in [-0.4, -0.2) is 45.4 Å². The number of carbonyl (C=O) groups is 2. The Morgan fingerprint density at radius 3 is 2.81 bits per heavy atom. The second-order valence-corrected chi connectivity index (χ2v) is 6.83. The van der Waals surface area contributed by atoms with E-state index in [1.54, 1.807) is 11.3 Å². The molecule has 7 nitrogen and oxygen atoms in total. The van der Waals surface area contributed by atoms with Gasteiger partial charge in [0.2, 0.25) is 0 Å². The van der Waals surface area contributed by atoms with Gasteiger partial charge in [-0.25, -0.2) is 4.79 Å². The number of para-hydroxylation sites is 1. The Balaban J connectivity index is 1.65. The third-order valence-corrected chi connectivity index (χ3v) is 5.35. The molecule has 1 aromatic carbocycles. The van der Waals surface area contributed by atoms with Crippen LogP contribution in [0.5, 0.6) is 0 Å². The number of nitrogens with zero attached hydrogens (tertiary/aromatic N) is 4. The SMILES string of the molecule is COC(=O)[C@H]1c2ccsc2CCN1C(=O)c1cnn(-c2ccccc2)n1. The average molecular weight is 368 g/mol. The maximum Gasteiger partial charge on any atom is 0.333 e. The zero-order valence-electron chi connectivity index (χ0n) is 14.0. The van der Waals surface area contributed by atoms with Crippen LogP contribution in [0.1, 0.15) is 27.0 Å². The molecule has 0 unspecified atom stereocenters. The first kappa shape index (κ1) is 16.5. The van der Waals surface area contributed by atoms with Gasteiger partial charge in [-0.1, -0.05) is 18.2 Å². The van der Waals surface area contributed by atoms with Gasteiger partial charge in [-0.3, -0.25) is 4.79 Å². The number of carbonyl (C=O) groups excluding carboxylic acids is 2. The van der Waals surface area contributed by atoms with Crippen LogP contribution >= 0.6 is 11.3 Å². The summed E-state index contributed by atoms with van der Waals surface area (Å²) in [6.45, 7) is 0.435. The van der Waals surface area contributed by atoms with Gasteiger partial charge >= 0.3 is 5.97 Å². The normalized spacial score (nSPS) is 16.2. The summed E-state index contributed by atoms with van der Waals surface area (Å²) in [6, 6.07) is 10.5. The Morgan fingerprint density at radius 1 is 1.23 bits per heavy atom. The van der Waals surface area contributed by atoms with Gasteiger partial charge in [0.15, 0.2) is 11.7 Å². The van der Waals surface area contributed by atoms with Crippen molar-refractivity contribution in [2.45, 2.75) is 12.5 Å². The monoisotopic (exact) mass is 368 g/mol. The quantitative estimate of drug-likeness (QED) is 0.663. The third-order valence-electron chi connectivity index (χ3n) is 4.35. The topological polar surface area (TPSA) is 77.3 Å². The smallest absolute Gasteiger partial charge is 0.333 e. The van der Waals surface area contributed by atoms with E-state index in [1.165, 1.54) is 23.0 Å². The maximum absolute atomic E-state index is 13.0. The highest BCUT2D eigenvalue weighted by molar-refractivity contribution is 7.10. The summed E-state index contributed by atoms with van der Waals surface area (Å²) < 4.78 is 4.94. The number of hydrogen-bond donors (Lipinski definition) is 0. The Morgan fingerprint density at radius 2 is 2.04 bits per heavy atom. The minimum atomic E-state index is -0.746. The molecule has 1 aliphatic rings. The highest BCUT2D eigenvalue weighted by Crippen LogP contribution is 2.34. The molecule has 3 heterocycles. The molecule has 1 aliphatic heterocycles. The second-order valence-electron chi connectivity index (χ2n) is 5.83. The minimum Gasteiger partial charge on any atom is -0.467 e. The van der Waals surface area contributed by atoms with E-state index >= 15 is 0 Å². The van der Waals surface area contributed by atoms with Crippen LogP contribution in [-0.2, 0) is 16.0 Å². The van der Waals surface area contributed by atoms with E-state index < -0.39 is 12.0 Å². The van der Waals surface area contributed by atoms with Crippen molar-refractivity contribution in [2.75, 3.05) is 13.7 Å². The fraction of sp³-hybridized carbons (Fsp3) is 0.222. The number of hydrogen-bond acceptors (Lipinski definition) is 6. The van der Waals surface area contributed by atoms with Gasteiger partial charge in [0, 0.05) is 11.4 Å². The number of amides is 1. The predicted octanol–water partition coefficient (Wildman–Crippen LogP) is 2.24. The lowest BCUT2D eigenvalue weighted by Gasteiger charge is -2.33. The van der Waals surface area contributed by atoms with Crippen LogP contribution in [0.25, 0.3) is 5.69 Å². The summed E-state index contributed by atoms with van der Waals surface area (Å²) in [4.78, 5) is 29.4. The van der Waals surface area contributed by atoms with E-state index in [-0.39, 0.29) is 11.6 Å². The first-order valence-electron chi connectivity index (χ1n) is 8.12. The Bertz CT molecular complexity index is 950. The van der Waals surface area contributed by atoms with Gasteiger partial charge in [0.1, 0.15) is 0 Å². The van der Waals surface area contributed by atoms with Crippen LogP contribution in [0.3, 0.4) is 0 Å². The van der Waals surface area contributed by atoms with Gasteiger partial charge in [-0.2, -0.15) is 9.90 Å². The molecular weight excluding hydrogens is 352 g/mol. The number of thiophene rings is 1. The highest BCUT2D eigenvalue weighted by atomic mass is 32.1. The summed E-state index contributed by atoms with van der Waals surface area (Å²) >= 11 is 1.59. The molecule has 8 heteroatoms. The summed E-state index contributed by atoms with van der Waals surface area (Å²) in [6.07, 6.45) is 2.13. The van der Waals surface area contributed by atoms with E-state index in [0.29, 0.717) is 13.0 Å². The molecule has 0 saturated carbocycles. The molecule has 3 aromatic rings.